The minimum Gasteiger partial charge on any atom is -0.350 e. The number of hydrogen-bond acceptors (Lipinski definition) is 3. The van der Waals surface area contributed by atoms with Crippen molar-refractivity contribution in [2.24, 2.45) is 11.3 Å². The predicted octanol–water partition coefficient (Wildman–Crippen LogP) is 2.24. The first kappa shape index (κ1) is 15.9. The number of fused-ring (bicyclic) bond motifs is 3. The molecular formula is C19H33N3O. The number of piperidine rings is 1. The Hall–Kier alpha value is -0.610. The van der Waals surface area contributed by atoms with Crippen molar-refractivity contribution in [2.45, 2.75) is 69.9 Å². The van der Waals surface area contributed by atoms with Crippen LogP contribution >= 0.6 is 0 Å². The Bertz CT molecular complexity index is 439. The molecule has 5 aliphatic rings. The third-order valence-electron chi connectivity index (χ3n) is 7.49. The topological polar surface area (TPSA) is 35.6 Å². The van der Waals surface area contributed by atoms with Crippen molar-refractivity contribution < 1.29 is 4.79 Å². The second kappa shape index (κ2) is 5.73. The third-order valence-corrected chi connectivity index (χ3v) is 7.49. The summed E-state index contributed by atoms with van der Waals surface area (Å²) in [6.07, 6.45) is 10.1. The average molecular weight is 319 g/mol. The van der Waals surface area contributed by atoms with Gasteiger partial charge in [0.15, 0.2) is 0 Å². The van der Waals surface area contributed by atoms with E-state index in [2.05, 4.69) is 29.1 Å². The molecule has 1 N–H and O–H groups in total. The van der Waals surface area contributed by atoms with Crippen molar-refractivity contribution in [1.82, 2.24) is 15.1 Å². The Morgan fingerprint density at radius 3 is 2.13 bits per heavy atom. The Kier molecular flexibility index (Phi) is 3.96. The normalized spacial score (nSPS) is 40.1. The van der Waals surface area contributed by atoms with Gasteiger partial charge in [0.2, 0.25) is 5.91 Å². The molecule has 2 aliphatic heterocycles. The predicted molar refractivity (Wildman–Crippen MR) is 92.3 cm³/mol. The monoisotopic (exact) mass is 319 g/mol. The zero-order chi connectivity index (χ0) is 16.1. The number of hydrogen-bond donors (Lipinski definition) is 1. The van der Waals surface area contributed by atoms with Crippen LogP contribution in [0.2, 0.25) is 0 Å². The Balaban J connectivity index is 1.25. The highest BCUT2D eigenvalue weighted by molar-refractivity contribution is 5.81. The number of carbonyl (C=O) groups is 1. The van der Waals surface area contributed by atoms with Crippen molar-refractivity contribution in [3.8, 4) is 0 Å². The fourth-order valence-corrected chi connectivity index (χ4v) is 5.26. The molecule has 0 aromatic rings. The van der Waals surface area contributed by atoms with Crippen LogP contribution in [0.15, 0.2) is 0 Å². The summed E-state index contributed by atoms with van der Waals surface area (Å²) in [4.78, 5) is 17.7. The Morgan fingerprint density at radius 1 is 1.00 bits per heavy atom. The van der Waals surface area contributed by atoms with Gasteiger partial charge in [0.25, 0.3) is 0 Å². The molecule has 23 heavy (non-hydrogen) atoms. The lowest BCUT2D eigenvalue weighted by Crippen LogP contribution is -2.63. The zero-order valence-electron chi connectivity index (χ0n) is 14.9. The molecule has 1 amide bonds. The Morgan fingerprint density at radius 2 is 1.57 bits per heavy atom. The molecule has 0 radical (unpaired) electrons. The number of rotatable bonds is 3. The van der Waals surface area contributed by atoms with Crippen molar-refractivity contribution in [1.29, 1.82) is 0 Å². The molecule has 2 saturated heterocycles. The zero-order valence-corrected chi connectivity index (χ0v) is 14.9. The van der Waals surface area contributed by atoms with Gasteiger partial charge in [-0.3, -0.25) is 9.69 Å². The van der Waals surface area contributed by atoms with E-state index in [1.165, 1.54) is 64.5 Å². The summed E-state index contributed by atoms with van der Waals surface area (Å²) >= 11 is 0. The maximum absolute atomic E-state index is 12.7. The molecular weight excluding hydrogens is 286 g/mol. The van der Waals surface area contributed by atoms with Crippen LogP contribution < -0.4 is 5.32 Å². The van der Waals surface area contributed by atoms with Gasteiger partial charge < -0.3 is 10.2 Å². The van der Waals surface area contributed by atoms with Gasteiger partial charge in [0.05, 0.1) is 5.92 Å². The van der Waals surface area contributed by atoms with E-state index in [-0.39, 0.29) is 11.5 Å². The molecule has 3 saturated carbocycles. The number of nitrogens with zero attached hydrogens (tertiary/aromatic N) is 2. The minimum absolute atomic E-state index is 0.156. The van der Waals surface area contributed by atoms with E-state index in [4.69, 9.17) is 0 Å². The van der Waals surface area contributed by atoms with Crippen LogP contribution in [0.25, 0.3) is 0 Å². The van der Waals surface area contributed by atoms with Crippen LogP contribution in [0.3, 0.4) is 0 Å². The summed E-state index contributed by atoms with van der Waals surface area (Å²) < 4.78 is 0. The molecule has 0 spiro atoms. The summed E-state index contributed by atoms with van der Waals surface area (Å²) in [7, 11) is 2.21. The van der Waals surface area contributed by atoms with E-state index in [1.54, 1.807) is 0 Å². The van der Waals surface area contributed by atoms with Crippen molar-refractivity contribution in [2.75, 3.05) is 33.2 Å². The smallest absolute Gasteiger partial charge is 0.226 e. The minimum atomic E-state index is 0.156. The van der Waals surface area contributed by atoms with Crippen molar-refractivity contribution >= 4 is 5.91 Å². The average Bonchev–Trinajstić information content (AvgIpc) is 2.49. The first-order chi connectivity index (χ1) is 11.0. The van der Waals surface area contributed by atoms with Crippen LogP contribution in [-0.2, 0) is 4.79 Å². The van der Waals surface area contributed by atoms with Crippen LogP contribution in [0, 0.1) is 11.3 Å². The second-order valence-electron chi connectivity index (χ2n) is 9.27. The van der Waals surface area contributed by atoms with E-state index in [1.807, 2.05) is 0 Å². The number of nitrogens with one attached hydrogen (secondary N) is 1. The lowest BCUT2D eigenvalue weighted by Gasteiger charge is -2.53. The summed E-state index contributed by atoms with van der Waals surface area (Å²) in [5, 5.41) is 3.50. The maximum atomic E-state index is 12.7. The van der Waals surface area contributed by atoms with Gasteiger partial charge in [-0.2, -0.15) is 0 Å². The lowest BCUT2D eigenvalue weighted by atomic mass is 9.58. The third kappa shape index (κ3) is 3.05. The standard InChI is InChI=1S/C19H33N3O/c1-18-5-8-19(9-6-18,10-7-18)20-17(23)15-13-22(14-15)16-3-11-21(2)12-4-16/h15-16H,3-14H2,1-2H3,(H,20,23). The second-order valence-corrected chi connectivity index (χ2v) is 9.27. The quantitative estimate of drug-likeness (QED) is 0.866. The summed E-state index contributed by atoms with van der Waals surface area (Å²) in [6, 6.07) is 0.721. The molecule has 0 unspecified atom stereocenters. The van der Waals surface area contributed by atoms with Gasteiger partial charge in [-0.15, -0.1) is 0 Å². The highest BCUT2D eigenvalue weighted by atomic mass is 16.2. The molecule has 2 bridgehead atoms. The van der Waals surface area contributed by atoms with E-state index in [0.717, 1.165) is 19.1 Å². The Labute approximate surface area is 141 Å². The molecule has 4 nitrogen and oxygen atoms in total. The largest absolute Gasteiger partial charge is 0.350 e. The molecule has 5 fully saturated rings. The van der Waals surface area contributed by atoms with E-state index in [9.17, 15) is 4.79 Å². The molecule has 0 aromatic heterocycles. The molecule has 0 atom stereocenters. The highest BCUT2D eigenvalue weighted by Gasteiger charge is 2.48. The molecule has 5 rings (SSSR count). The van der Waals surface area contributed by atoms with Crippen LogP contribution in [0.4, 0.5) is 0 Å². The first-order valence-electron chi connectivity index (χ1n) is 9.72. The highest BCUT2D eigenvalue weighted by Crippen LogP contribution is 2.52. The van der Waals surface area contributed by atoms with Gasteiger partial charge in [-0.1, -0.05) is 6.92 Å². The fraction of sp³-hybridized carbons (Fsp3) is 0.947. The van der Waals surface area contributed by atoms with E-state index >= 15 is 0 Å². The van der Waals surface area contributed by atoms with Crippen LogP contribution in [-0.4, -0.2) is 60.5 Å². The van der Waals surface area contributed by atoms with Gasteiger partial charge >= 0.3 is 0 Å². The molecule has 0 aromatic carbocycles. The van der Waals surface area contributed by atoms with E-state index in [0.29, 0.717) is 11.3 Å². The molecule has 130 valence electrons. The molecule has 2 heterocycles. The van der Waals surface area contributed by atoms with Gasteiger partial charge in [-0.05, 0) is 76.9 Å². The summed E-state index contributed by atoms with van der Waals surface area (Å²) in [5.74, 6) is 0.596. The lowest BCUT2D eigenvalue weighted by molar-refractivity contribution is -0.136. The van der Waals surface area contributed by atoms with Crippen molar-refractivity contribution in [3.05, 3.63) is 0 Å². The number of likely N-dealkylation sites (tertiary alicyclic amines) is 2. The summed E-state index contributed by atoms with van der Waals surface area (Å²) in [6.45, 7) is 6.84. The molecule has 3 aliphatic carbocycles. The van der Waals surface area contributed by atoms with Crippen LogP contribution in [0.5, 0.6) is 0 Å². The number of carbonyl (C=O) groups excluding carboxylic acids is 1. The maximum Gasteiger partial charge on any atom is 0.226 e. The summed E-state index contributed by atoms with van der Waals surface area (Å²) in [5.41, 5.74) is 0.733. The van der Waals surface area contributed by atoms with Gasteiger partial charge in [-0.25, -0.2) is 0 Å². The van der Waals surface area contributed by atoms with E-state index < -0.39 is 0 Å². The van der Waals surface area contributed by atoms with Gasteiger partial charge in [0, 0.05) is 24.7 Å². The number of amides is 1. The van der Waals surface area contributed by atoms with Crippen LogP contribution in [0.1, 0.15) is 58.3 Å². The fourth-order valence-electron chi connectivity index (χ4n) is 5.26. The first-order valence-corrected chi connectivity index (χ1v) is 9.72. The SMILES string of the molecule is CN1CCC(N2CC(C(=O)NC34CCC(C)(CC3)CC4)C2)CC1. The van der Waals surface area contributed by atoms with Gasteiger partial charge in [0.1, 0.15) is 0 Å². The van der Waals surface area contributed by atoms with Crippen molar-refractivity contribution in [3.63, 3.8) is 0 Å². The molecule has 4 heteroatoms.